The van der Waals surface area contributed by atoms with E-state index in [0.717, 1.165) is 24.7 Å². The van der Waals surface area contributed by atoms with Gasteiger partial charge in [-0.05, 0) is 25.0 Å². The fourth-order valence-corrected chi connectivity index (χ4v) is 3.34. The lowest BCUT2D eigenvalue weighted by Gasteiger charge is -2.27. The minimum atomic E-state index is 0.291. The van der Waals surface area contributed by atoms with Gasteiger partial charge in [-0.1, -0.05) is 24.3 Å². The van der Waals surface area contributed by atoms with Gasteiger partial charge in [0.1, 0.15) is 0 Å². The Balaban J connectivity index is 1.94. The van der Waals surface area contributed by atoms with Crippen molar-refractivity contribution in [3.8, 4) is 0 Å². The van der Waals surface area contributed by atoms with Crippen molar-refractivity contribution < 1.29 is 4.74 Å². The predicted octanol–water partition coefficient (Wildman–Crippen LogP) is 2.99. The summed E-state index contributed by atoms with van der Waals surface area (Å²) in [5.41, 5.74) is 2.94. The Morgan fingerprint density at radius 2 is 2.29 bits per heavy atom. The molecule has 1 N–H and O–H groups in total. The van der Waals surface area contributed by atoms with Crippen molar-refractivity contribution in [3.05, 3.63) is 35.4 Å². The number of rotatable bonds is 5. The maximum Gasteiger partial charge on any atom is 0.0671 e. The zero-order chi connectivity index (χ0) is 12.1. The van der Waals surface area contributed by atoms with Crippen LogP contribution < -0.4 is 5.32 Å². The topological polar surface area (TPSA) is 21.3 Å². The van der Waals surface area contributed by atoms with Crippen molar-refractivity contribution in [2.24, 2.45) is 0 Å². The minimum Gasteiger partial charge on any atom is -0.377 e. The molecule has 0 spiro atoms. The zero-order valence-electron chi connectivity index (χ0n) is 10.6. The van der Waals surface area contributed by atoms with Gasteiger partial charge < -0.3 is 10.1 Å². The summed E-state index contributed by atoms with van der Waals surface area (Å²) in [6, 6.07) is 9.23. The third-order valence-electron chi connectivity index (χ3n) is 3.08. The second-order valence-corrected chi connectivity index (χ2v) is 5.47. The average Bonchev–Trinajstić information content (AvgIpc) is 2.36. The van der Waals surface area contributed by atoms with Gasteiger partial charge in [0.05, 0.1) is 6.10 Å². The second-order valence-electron chi connectivity index (χ2n) is 4.44. The summed E-state index contributed by atoms with van der Waals surface area (Å²) in [5.74, 6) is 2.31. The van der Waals surface area contributed by atoms with Crippen molar-refractivity contribution in [2.75, 3.05) is 18.9 Å². The average molecular weight is 251 g/mol. The highest BCUT2D eigenvalue weighted by atomic mass is 32.2. The maximum atomic E-state index is 5.55. The van der Waals surface area contributed by atoms with Gasteiger partial charge in [0, 0.05) is 30.7 Å². The monoisotopic (exact) mass is 251 g/mol. The Morgan fingerprint density at radius 3 is 3.12 bits per heavy atom. The van der Waals surface area contributed by atoms with Crippen LogP contribution in [0, 0.1) is 0 Å². The van der Waals surface area contributed by atoms with E-state index in [2.05, 4.69) is 36.5 Å². The van der Waals surface area contributed by atoms with Crippen molar-refractivity contribution >= 4 is 11.8 Å². The van der Waals surface area contributed by atoms with Crippen LogP contribution >= 0.6 is 11.8 Å². The number of hydrogen-bond acceptors (Lipinski definition) is 3. The molecule has 2 rings (SSSR count). The number of ether oxygens (including phenoxy) is 1. The lowest BCUT2D eigenvalue weighted by Crippen LogP contribution is -2.33. The highest BCUT2D eigenvalue weighted by Crippen LogP contribution is 2.31. The van der Waals surface area contributed by atoms with Gasteiger partial charge in [-0.15, -0.1) is 0 Å². The van der Waals surface area contributed by atoms with Gasteiger partial charge in [0.2, 0.25) is 0 Å². The molecule has 3 heteroatoms. The molecule has 0 radical (unpaired) electrons. The molecular weight excluding hydrogens is 230 g/mol. The Hall–Kier alpha value is -0.510. The third-order valence-corrected chi connectivity index (χ3v) is 4.16. The summed E-state index contributed by atoms with van der Waals surface area (Å²) in [6.45, 7) is 5.88. The van der Waals surface area contributed by atoms with Gasteiger partial charge >= 0.3 is 0 Å². The molecule has 2 unspecified atom stereocenters. The molecule has 0 fully saturated rings. The first-order valence-corrected chi connectivity index (χ1v) is 7.47. The van der Waals surface area contributed by atoms with Gasteiger partial charge in [-0.3, -0.25) is 0 Å². The maximum absolute atomic E-state index is 5.55. The fraction of sp³-hybridized carbons (Fsp3) is 0.571. The molecular formula is C14H21NOS. The van der Waals surface area contributed by atoms with Gasteiger partial charge in [0.15, 0.2) is 0 Å². The van der Waals surface area contributed by atoms with E-state index in [4.69, 9.17) is 4.74 Å². The smallest absolute Gasteiger partial charge is 0.0671 e. The first-order valence-electron chi connectivity index (χ1n) is 6.31. The summed E-state index contributed by atoms with van der Waals surface area (Å²) >= 11 is 2.01. The van der Waals surface area contributed by atoms with Crippen LogP contribution in [0.3, 0.4) is 0 Å². The van der Waals surface area contributed by atoms with E-state index in [1.54, 1.807) is 0 Å². The van der Waals surface area contributed by atoms with Gasteiger partial charge in [0.25, 0.3) is 0 Å². The number of fused-ring (bicyclic) bond motifs is 1. The molecule has 0 aliphatic carbocycles. The largest absolute Gasteiger partial charge is 0.377 e. The van der Waals surface area contributed by atoms with E-state index in [-0.39, 0.29) is 0 Å². The number of nitrogens with one attached hydrogen (secondary N) is 1. The molecule has 94 valence electrons. The van der Waals surface area contributed by atoms with Crippen LogP contribution in [0.15, 0.2) is 24.3 Å². The normalized spacial score (nSPS) is 20.9. The Bertz CT molecular complexity index is 356. The highest BCUT2D eigenvalue weighted by Gasteiger charge is 2.19. The summed E-state index contributed by atoms with van der Waals surface area (Å²) in [4.78, 5) is 0. The molecule has 1 aromatic rings. The summed E-state index contributed by atoms with van der Waals surface area (Å²) in [5, 5.41) is 3.62. The third kappa shape index (κ3) is 3.47. The molecule has 0 saturated carbocycles. The summed E-state index contributed by atoms with van der Waals surface area (Å²) in [7, 11) is 0. The van der Waals surface area contributed by atoms with E-state index in [1.807, 2.05) is 18.7 Å². The summed E-state index contributed by atoms with van der Waals surface area (Å²) < 4.78 is 5.55. The summed E-state index contributed by atoms with van der Waals surface area (Å²) in [6.07, 6.45) is 0.291. The number of hydrogen-bond donors (Lipinski definition) is 1. The predicted molar refractivity (Wildman–Crippen MR) is 74.4 cm³/mol. The molecule has 1 heterocycles. The molecule has 1 aliphatic rings. The van der Waals surface area contributed by atoms with E-state index in [9.17, 15) is 0 Å². The van der Waals surface area contributed by atoms with Crippen LogP contribution in [0.4, 0.5) is 0 Å². The Morgan fingerprint density at radius 1 is 1.47 bits per heavy atom. The van der Waals surface area contributed by atoms with Gasteiger partial charge in [-0.25, -0.2) is 0 Å². The van der Waals surface area contributed by atoms with Crippen molar-refractivity contribution in [2.45, 2.75) is 31.7 Å². The number of thioether (sulfide) groups is 1. The molecule has 0 bridgehead atoms. The second kappa shape index (κ2) is 6.43. The van der Waals surface area contributed by atoms with Crippen molar-refractivity contribution in [1.29, 1.82) is 0 Å². The SMILES string of the molecule is CCOC(C)CNC1CSCc2ccccc21. The van der Waals surface area contributed by atoms with Crippen LogP contribution in [0.1, 0.15) is 31.0 Å². The quantitative estimate of drug-likeness (QED) is 0.869. The van der Waals surface area contributed by atoms with E-state index >= 15 is 0 Å². The Labute approximate surface area is 108 Å². The first kappa shape index (κ1) is 12.9. The van der Waals surface area contributed by atoms with Crippen molar-refractivity contribution in [1.82, 2.24) is 5.32 Å². The van der Waals surface area contributed by atoms with Crippen LogP contribution in [0.25, 0.3) is 0 Å². The van der Waals surface area contributed by atoms with E-state index < -0.39 is 0 Å². The lowest BCUT2D eigenvalue weighted by atomic mass is 10.0. The molecule has 1 aliphatic heterocycles. The van der Waals surface area contributed by atoms with Crippen LogP contribution in [-0.4, -0.2) is 25.0 Å². The molecule has 2 nitrogen and oxygen atoms in total. The lowest BCUT2D eigenvalue weighted by molar-refractivity contribution is 0.0744. The van der Waals surface area contributed by atoms with Crippen LogP contribution in [0.2, 0.25) is 0 Å². The van der Waals surface area contributed by atoms with Crippen molar-refractivity contribution in [3.63, 3.8) is 0 Å². The molecule has 0 saturated heterocycles. The molecule has 2 atom stereocenters. The molecule has 0 amide bonds. The van der Waals surface area contributed by atoms with Gasteiger partial charge in [-0.2, -0.15) is 11.8 Å². The van der Waals surface area contributed by atoms with E-state index in [1.165, 1.54) is 11.1 Å². The highest BCUT2D eigenvalue weighted by molar-refractivity contribution is 7.98. The molecule has 0 aromatic heterocycles. The number of benzene rings is 1. The molecule has 1 aromatic carbocycles. The zero-order valence-corrected chi connectivity index (χ0v) is 11.4. The van der Waals surface area contributed by atoms with E-state index in [0.29, 0.717) is 12.1 Å². The minimum absolute atomic E-state index is 0.291. The Kier molecular flexibility index (Phi) is 4.89. The first-order chi connectivity index (χ1) is 8.31. The molecule has 17 heavy (non-hydrogen) atoms. The standard InChI is InChI=1S/C14H21NOS/c1-3-16-11(2)8-15-14-10-17-9-12-6-4-5-7-13(12)14/h4-7,11,14-15H,3,8-10H2,1-2H3. The van der Waals surface area contributed by atoms with Crippen LogP contribution in [0.5, 0.6) is 0 Å². The van der Waals surface area contributed by atoms with Crippen LogP contribution in [-0.2, 0) is 10.5 Å². The fourth-order valence-electron chi connectivity index (χ4n) is 2.20.